The predicted molar refractivity (Wildman–Crippen MR) is 97.5 cm³/mol. The molecule has 0 atom stereocenters. The number of carbonyl (C=O) groups excluding carboxylic acids is 1. The highest BCUT2D eigenvalue weighted by Gasteiger charge is 2.22. The van der Waals surface area contributed by atoms with Crippen molar-refractivity contribution in [1.29, 1.82) is 0 Å². The molecule has 0 saturated heterocycles. The minimum Gasteiger partial charge on any atom is -0.492 e. The van der Waals surface area contributed by atoms with Crippen LogP contribution in [0.15, 0.2) is 42.7 Å². The quantitative estimate of drug-likeness (QED) is 0.382. The second-order valence-electron chi connectivity index (χ2n) is 5.24. The third-order valence-corrected chi connectivity index (χ3v) is 3.66. The number of hydrogen-bond donors (Lipinski definition) is 4. The SMILES string of the molecule is NC(=O)n1nc(-c2ccc([N+](=O)[O-])cc2)c(NNc2cncc(Cl)c2)c1O. The summed E-state index contributed by atoms with van der Waals surface area (Å²) in [5, 5.41) is 25.4. The third kappa shape index (κ3) is 3.72. The smallest absolute Gasteiger partial charge is 0.342 e. The van der Waals surface area contributed by atoms with Crippen LogP contribution < -0.4 is 16.6 Å². The summed E-state index contributed by atoms with van der Waals surface area (Å²) in [6.45, 7) is 0. The summed E-state index contributed by atoms with van der Waals surface area (Å²) in [4.78, 5) is 25.6. The van der Waals surface area contributed by atoms with Crippen LogP contribution in [0.3, 0.4) is 0 Å². The number of benzene rings is 1. The number of primary amides is 1. The van der Waals surface area contributed by atoms with E-state index in [0.29, 0.717) is 21.0 Å². The number of rotatable bonds is 5. The van der Waals surface area contributed by atoms with Gasteiger partial charge in [-0.15, -0.1) is 4.68 Å². The van der Waals surface area contributed by atoms with Crippen LogP contribution in [0, 0.1) is 10.1 Å². The zero-order valence-electron chi connectivity index (χ0n) is 13.5. The van der Waals surface area contributed by atoms with Crippen LogP contribution in [0.5, 0.6) is 5.88 Å². The molecular formula is C15H12ClN7O4. The Morgan fingerprint density at radius 1 is 1.26 bits per heavy atom. The monoisotopic (exact) mass is 389 g/mol. The van der Waals surface area contributed by atoms with Crippen molar-refractivity contribution in [3.63, 3.8) is 0 Å². The molecule has 0 spiro atoms. The molecule has 0 unspecified atom stereocenters. The van der Waals surface area contributed by atoms with Crippen molar-refractivity contribution < 1.29 is 14.8 Å². The normalized spacial score (nSPS) is 10.4. The number of nitrogens with two attached hydrogens (primary N) is 1. The van der Waals surface area contributed by atoms with Gasteiger partial charge in [-0.05, 0) is 18.2 Å². The average Bonchev–Trinajstić information content (AvgIpc) is 2.97. The summed E-state index contributed by atoms with van der Waals surface area (Å²) < 4.78 is 0.594. The van der Waals surface area contributed by atoms with Gasteiger partial charge in [0, 0.05) is 23.9 Å². The maximum Gasteiger partial charge on any atom is 0.342 e. The largest absolute Gasteiger partial charge is 0.492 e. The number of hydrogen-bond acceptors (Lipinski definition) is 8. The molecule has 0 bridgehead atoms. The molecule has 0 aliphatic heterocycles. The van der Waals surface area contributed by atoms with E-state index in [4.69, 9.17) is 17.3 Å². The molecule has 1 amide bonds. The van der Waals surface area contributed by atoms with Gasteiger partial charge in [0.1, 0.15) is 11.4 Å². The molecule has 0 radical (unpaired) electrons. The zero-order chi connectivity index (χ0) is 19.6. The maximum atomic E-state index is 11.5. The number of hydrazine groups is 1. The van der Waals surface area contributed by atoms with Crippen molar-refractivity contribution in [2.45, 2.75) is 0 Å². The summed E-state index contributed by atoms with van der Waals surface area (Å²) in [5.74, 6) is -0.543. The van der Waals surface area contributed by atoms with Crippen molar-refractivity contribution in [3.8, 4) is 17.1 Å². The topological polar surface area (TPSA) is 161 Å². The number of pyridine rings is 1. The number of halogens is 1. The van der Waals surface area contributed by atoms with Crippen LogP contribution in [0.1, 0.15) is 0 Å². The second-order valence-corrected chi connectivity index (χ2v) is 5.68. The minimum atomic E-state index is -1.01. The van der Waals surface area contributed by atoms with Gasteiger partial charge in [0.15, 0.2) is 0 Å². The highest BCUT2D eigenvalue weighted by molar-refractivity contribution is 6.30. The molecular weight excluding hydrogens is 378 g/mol. The van der Waals surface area contributed by atoms with Gasteiger partial charge < -0.3 is 10.8 Å². The van der Waals surface area contributed by atoms with Crippen molar-refractivity contribution >= 4 is 34.7 Å². The van der Waals surface area contributed by atoms with Crippen LogP contribution in [0.2, 0.25) is 5.02 Å². The second kappa shape index (κ2) is 7.17. The molecule has 2 aromatic heterocycles. The molecule has 5 N–H and O–H groups in total. The van der Waals surface area contributed by atoms with Crippen LogP contribution in [0.25, 0.3) is 11.3 Å². The van der Waals surface area contributed by atoms with Crippen LogP contribution in [-0.2, 0) is 0 Å². The summed E-state index contributed by atoms with van der Waals surface area (Å²) in [6, 6.07) is 5.96. The fourth-order valence-corrected chi connectivity index (χ4v) is 2.41. The van der Waals surface area contributed by atoms with Gasteiger partial charge in [0.05, 0.1) is 21.8 Å². The van der Waals surface area contributed by atoms with Crippen LogP contribution >= 0.6 is 11.6 Å². The van der Waals surface area contributed by atoms with E-state index >= 15 is 0 Å². The summed E-state index contributed by atoms with van der Waals surface area (Å²) in [6.07, 6.45) is 2.91. The Labute approximate surface area is 156 Å². The number of amides is 1. The molecule has 0 aliphatic carbocycles. The number of aromatic hydroxyl groups is 1. The van der Waals surface area contributed by atoms with Gasteiger partial charge in [0.2, 0.25) is 5.88 Å². The molecule has 11 nitrogen and oxygen atoms in total. The molecule has 12 heteroatoms. The van der Waals surface area contributed by atoms with Gasteiger partial charge in [-0.2, -0.15) is 5.10 Å². The van der Waals surface area contributed by atoms with E-state index in [1.54, 1.807) is 6.07 Å². The van der Waals surface area contributed by atoms with E-state index in [1.807, 2.05) is 0 Å². The van der Waals surface area contributed by atoms with E-state index < -0.39 is 16.8 Å². The standard InChI is InChI=1S/C15H12ClN7O4/c16-9-5-10(7-18-6-9)19-20-13-12(21-22(14(13)24)15(17)25)8-1-3-11(4-2-8)23(26)27/h1-7,19-20,24H,(H2,17,25). The van der Waals surface area contributed by atoms with Gasteiger partial charge in [0.25, 0.3) is 5.69 Å². The Kier molecular flexibility index (Phi) is 4.77. The lowest BCUT2D eigenvalue weighted by Gasteiger charge is -2.10. The first kappa shape index (κ1) is 17.9. The van der Waals surface area contributed by atoms with E-state index in [-0.39, 0.29) is 17.1 Å². The first-order chi connectivity index (χ1) is 12.9. The fraction of sp³-hybridized carbons (Fsp3) is 0. The number of nitro benzene ring substituents is 1. The van der Waals surface area contributed by atoms with Crippen molar-refractivity contribution in [2.75, 3.05) is 10.9 Å². The lowest BCUT2D eigenvalue weighted by atomic mass is 10.1. The number of aromatic nitrogens is 3. The van der Waals surface area contributed by atoms with Crippen LogP contribution in [-0.4, -0.2) is 30.8 Å². The van der Waals surface area contributed by atoms with Gasteiger partial charge in [-0.1, -0.05) is 11.6 Å². The number of nitro groups is 1. The predicted octanol–water partition coefficient (Wildman–Crippen LogP) is 2.58. The highest BCUT2D eigenvalue weighted by atomic mass is 35.5. The summed E-state index contributed by atoms with van der Waals surface area (Å²) in [7, 11) is 0. The number of carbonyl (C=O) groups is 1. The van der Waals surface area contributed by atoms with Gasteiger partial charge >= 0.3 is 6.03 Å². The molecule has 0 aliphatic rings. The Hall–Kier alpha value is -3.86. The molecule has 1 aromatic carbocycles. The molecule has 138 valence electrons. The van der Waals surface area contributed by atoms with E-state index in [1.165, 1.54) is 36.7 Å². The Balaban J connectivity index is 1.98. The first-order valence-corrected chi connectivity index (χ1v) is 7.74. The minimum absolute atomic E-state index is 0.0302. The molecule has 27 heavy (non-hydrogen) atoms. The number of nitrogens with zero attached hydrogens (tertiary/aromatic N) is 4. The number of non-ortho nitro benzene ring substituents is 1. The number of nitrogens with one attached hydrogen (secondary N) is 2. The molecule has 0 saturated carbocycles. The molecule has 2 heterocycles. The van der Waals surface area contributed by atoms with E-state index in [2.05, 4.69) is 20.9 Å². The lowest BCUT2D eigenvalue weighted by molar-refractivity contribution is -0.384. The van der Waals surface area contributed by atoms with Gasteiger partial charge in [-0.25, -0.2) is 4.79 Å². The highest BCUT2D eigenvalue weighted by Crippen LogP contribution is 2.35. The molecule has 3 rings (SSSR count). The van der Waals surface area contributed by atoms with Crippen molar-refractivity contribution in [1.82, 2.24) is 14.8 Å². The summed E-state index contributed by atoms with van der Waals surface area (Å²) >= 11 is 5.86. The van der Waals surface area contributed by atoms with Crippen molar-refractivity contribution in [3.05, 3.63) is 57.9 Å². The van der Waals surface area contributed by atoms with Gasteiger partial charge in [-0.3, -0.25) is 25.9 Å². The van der Waals surface area contributed by atoms with Crippen LogP contribution in [0.4, 0.5) is 21.9 Å². The maximum absolute atomic E-state index is 11.5. The number of anilines is 2. The summed E-state index contributed by atoms with van der Waals surface area (Å²) in [5.41, 5.74) is 11.6. The third-order valence-electron chi connectivity index (χ3n) is 3.46. The van der Waals surface area contributed by atoms with E-state index in [0.717, 1.165) is 0 Å². The Morgan fingerprint density at radius 3 is 2.56 bits per heavy atom. The zero-order valence-corrected chi connectivity index (χ0v) is 14.2. The molecule has 3 aromatic rings. The Bertz CT molecular complexity index is 1020. The lowest BCUT2D eigenvalue weighted by Crippen LogP contribution is -2.20. The molecule has 0 fully saturated rings. The fourth-order valence-electron chi connectivity index (χ4n) is 2.24. The Morgan fingerprint density at radius 2 is 1.96 bits per heavy atom. The average molecular weight is 390 g/mol. The van der Waals surface area contributed by atoms with E-state index in [9.17, 15) is 20.0 Å². The first-order valence-electron chi connectivity index (χ1n) is 7.36. The van der Waals surface area contributed by atoms with Crippen molar-refractivity contribution in [2.24, 2.45) is 5.73 Å².